The van der Waals surface area contributed by atoms with Gasteiger partial charge < -0.3 is 8.83 Å². The first kappa shape index (κ1) is 30.3. The van der Waals surface area contributed by atoms with Gasteiger partial charge in [0.2, 0.25) is 23.6 Å². The van der Waals surface area contributed by atoms with Gasteiger partial charge in [-0.1, -0.05) is 41.5 Å². The predicted octanol–water partition coefficient (Wildman–Crippen LogP) is 10.3. The van der Waals surface area contributed by atoms with Crippen molar-refractivity contribution < 1.29 is 8.83 Å². The largest absolute Gasteiger partial charge is 0.425 e. The monoisotopic (exact) mass is 578 g/mol. The van der Waals surface area contributed by atoms with Gasteiger partial charge in [-0.3, -0.25) is 0 Å². The van der Waals surface area contributed by atoms with Gasteiger partial charge in [-0.05, 0) is 137 Å². The molecule has 4 aliphatic carbocycles. The maximum absolute atomic E-state index is 6.35. The van der Waals surface area contributed by atoms with Crippen molar-refractivity contribution in [3.05, 3.63) is 23.6 Å². The van der Waals surface area contributed by atoms with Crippen LogP contribution >= 0.6 is 0 Å². The van der Waals surface area contributed by atoms with Crippen molar-refractivity contribution in [1.82, 2.24) is 20.4 Å². The molecule has 4 saturated carbocycles. The Kier molecular flexibility index (Phi) is 8.91. The fourth-order valence-electron chi connectivity index (χ4n) is 9.24. The van der Waals surface area contributed by atoms with E-state index in [1.807, 2.05) is 0 Å². The van der Waals surface area contributed by atoms with E-state index in [0.29, 0.717) is 34.5 Å². The summed E-state index contributed by atoms with van der Waals surface area (Å²) in [5.74, 6) is 8.84. The fourth-order valence-corrected chi connectivity index (χ4v) is 9.24. The SMILES string of the molecule is CC(C)(C)C1CCC(c2nnc(C3CCC(C4CCC(c5nnc(C6CCC(C(C)(C)C)CC6)o5)CC4)CC3)o2)CC1. The van der Waals surface area contributed by atoms with E-state index in [-0.39, 0.29) is 0 Å². The summed E-state index contributed by atoms with van der Waals surface area (Å²) in [6.07, 6.45) is 19.9. The Morgan fingerprint density at radius 3 is 0.857 bits per heavy atom. The Morgan fingerprint density at radius 2 is 0.619 bits per heavy atom. The molecule has 0 unspecified atom stereocenters. The van der Waals surface area contributed by atoms with Gasteiger partial charge in [0.1, 0.15) is 0 Å². The highest BCUT2D eigenvalue weighted by Crippen LogP contribution is 2.48. The molecule has 0 bridgehead atoms. The van der Waals surface area contributed by atoms with Gasteiger partial charge in [0.25, 0.3) is 0 Å². The van der Waals surface area contributed by atoms with Crippen LogP contribution in [0.25, 0.3) is 0 Å². The van der Waals surface area contributed by atoms with E-state index >= 15 is 0 Å². The minimum Gasteiger partial charge on any atom is -0.425 e. The molecule has 0 radical (unpaired) electrons. The second-order valence-electron chi connectivity index (χ2n) is 17.0. The molecular weight excluding hydrogens is 520 g/mol. The second-order valence-corrected chi connectivity index (χ2v) is 17.0. The Morgan fingerprint density at radius 1 is 0.381 bits per heavy atom. The molecule has 0 aromatic carbocycles. The van der Waals surface area contributed by atoms with Crippen LogP contribution in [-0.4, -0.2) is 20.4 Å². The van der Waals surface area contributed by atoms with E-state index in [2.05, 4.69) is 61.9 Å². The molecular formula is C36H58N4O2. The highest BCUT2D eigenvalue weighted by molar-refractivity contribution is 5.02. The van der Waals surface area contributed by atoms with Crippen LogP contribution in [0.5, 0.6) is 0 Å². The first-order valence-corrected chi connectivity index (χ1v) is 17.7. The minimum absolute atomic E-state index is 0.407. The van der Waals surface area contributed by atoms with Crippen LogP contribution in [0.4, 0.5) is 0 Å². The molecule has 2 heterocycles. The van der Waals surface area contributed by atoms with Crippen LogP contribution in [0.2, 0.25) is 0 Å². The highest BCUT2D eigenvalue weighted by atomic mass is 16.4. The fraction of sp³-hybridized carbons (Fsp3) is 0.889. The van der Waals surface area contributed by atoms with Gasteiger partial charge in [0, 0.05) is 23.7 Å². The molecule has 2 aromatic heterocycles. The molecule has 2 aromatic rings. The van der Waals surface area contributed by atoms with E-state index in [9.17, 15) is 0 Å². The van der Waals surface area contributed by atoms with Gasteiger partial charge >= 0.3 is 0 Å². The van der Waals surface area contributed by atoms with E-state index in [4.69, 9.17) is 8.83 Å². The smallest absolute Gasteiger partial charge is 0.219 e. The molecule has 6 nitrogen and oxygen atoms in total. The number of hydrogen-bond acceptors (Lipinski definition) is 6. The Labute approximate surface area is 255 Å². The van der Waals surface area contributed by atoms with Gasteiger partial charge in [0.15, 0.2) is 0 Å². The third-order valence-corrected chi connectivity index (χ3v) is 12.4. The standard InChI is InChI=1S/C36H58N4O2/c1-35(2,3)29-19-15-27(16-20-29)33-39-37-31(41-33)25-11-7-23(8-12-25)24-9-13-26(14-10-24)32-38-40-34(42-32)28-17-21-30(22-18-28)36(4,5)6/h23-30H,7-22H2,1-6H3. The summed E-state index contributed by atoms with van der Waals surface area (Å²) in [6.45, 7) is 14.3. The van der Waals surface area contributed by atoms with Crippen molar-refractivity contribution in [2.24, 2.45) is 34.5 Å². The first-order valence-electron chi connectivity index (χ1n) is 17.7. The van der Waals surface area contributed by atoms with Crippen LogP contribution in [0.3, 0.4) is 0 Å². The van der Waals surface area contributed by atoms with Crippen molar-refractivity contribution in [3.8, 4) is 0 Å². The molecule has 4 aliphatic rings. The lowest BCUT2D eigenvalue weighted by molar-refractivity contribution is 0.153. The third kappa shape index (κ3) is 6.83. The van der Waals surface area contributed by atoms with Crippen LogP contribution in [0, 0.1) is 34.5 Å². The number of rotatable bonds is 5. The average Bonchev–Trinajstić information content (AvgIpc) is 3.68. The molecule has 234 valence electrons. The molecule has 0 amide bonds. The molecule has 6 rings (SSSR count). The minimum atomic E-state index is 0.407. The Hall–Kier alpha value is -1.72. The Balaban J connectivity index is 0.936. The third-order valence-electron chi connectivity index (χ3n) is 12.4. The maximum Gasteiger partial charge on any atom is 0.219 e. The molecule has 4 fully saturated rings. The van der Waals surface area contributed by atoms with Crippen LogP contribution in [0.1, 0.15) is 192 Å². The van der Waals surface area contributed by atoms with E-state index in [1.165, 1.54) is 103 Å². The zero-order valence-electron chi connectivity index (χ0n) is 27.5. The summed E-state index contributed by atoms with van der Waals surface area (Å²) in [5.41, 5.74) is 0.814. The zero-order chi connectivity index (χ0) is 29.5. The van der Waals surface area contributed by atoms with E-state index < -0.39 is 0 Å². The summed E-state index contributed by atoms with van der Waals surface area (Å²) in [5, 5.41) is 18.3. The molecule has 42 heavy (non-hydrogen) atoms. The van der Waals surface area contributed by atoms with Gasteiger partial charge in [-0.2, -0.15) is 0 Å². The summed E-state index contributed by atoms with van der Waals surface area (Å²) in [4.78, 5) is 0. The summed E-state index contributed by atoms with van der Waals surface area (Å²) in [7, 11) is 0. The molecule has 0 saturated heterocycles. The molecule has 0 atom stereocenters. The molecule has 0 aliphatic heterocycles. The lowest BCUT2D eigenvalue weighted by Gasteiger charge is -2.36. The molecule has 0 spiro atoms. The highest BCUT2D eigenvalue weighted by Gasteiger charge is 2.37. The topological polar surface area (TPSA) is 77.8 Å². The molecule has 0 N–H and O–H groups in total. The van der Waals surface area contributed by atoms with Crippen molar-refractivity contribution >= 4 is 0 Å². The van der Waals surface area contributed by atoms with Crippen LogP contribution in [0.15, 0.2) is 8.83 Å². The van der Waals surface area contributed by atoms with Gasteiger partial charge in [0.05, 0.1) is 0 Å². The number of nitrogens with zero attached hydrogens (tertiary/aromatic N) is 4. The lowest BCUT2D eigenvalue weighted by Crippen LogP contribution is -2.25. The van der Waals surface area contributed by atoms with E-state index in [1.54, 1.807) is 0 Å². The zero-order valence-corrected chi connectivity index (χ0v) is 27.5. The van der Waals surface area contributed by atoms with Crippen LogP contribution < -0.4 is 0 Å². The predicted molar refractivity (Wildman–Crippen MR) is 166 cm³/mol. The summed E-state index contributed by atoms with van der Waals surface area (Å²) < 4.78 is 12.7. The van der Waals surface area contributed by atoms with Crippen molar-refractivity contribution in [2.45, 2.75) is 168 Å². The number of hydrogen-bond donors (Lipinski definition) is 0. The average molecular weight is 579 g/mol. The second kappa shape index (κ2) is 12.3. The first-order chi connectivity index (χ1) is 20.0. The Bertz CT molecular complexity index is 1030. The normalized spacial score (nSPS) is 35.3. The molecule has 6 heteroatoms. The van der Waals surface area contributed by atoms with Gasteiger partial charge in [-0.25, -0.2) is 0 Å². The summed E-state index contributed by atoms with van der Waals surface area (Å²) >= 11 is 0. The van der Waals surface area contributed by atoms with Crippen molar-refractivity contribution in [1.29, 1.82) is 0 Å². The number of aromatic nitrogens is 4. The van der Waals surface area contributed by atoms with Crippen molar-refractivity contribution in [2.75, 3.05) is 0 Å². The van der Waals surface area contributed by atoms with Gasteiger partial charge in [-0.15, -0.1) is 20.4 Å². The maximum atomic E-state index is 6.35. The van der Waals surface area contributed by atoms with Crippen molar-refractivity contribution in [3.63, 3.8) is 0 Å². The van der Waals surface area contributed by atoms with E-state index in [0.717, 1.165) is 47.2 Å². The lowest BCUT2D eigenvalue weighted by atomic mass is 9.69. The quantitative estimate of drug-likeness (QED) is 0.351. The summed E-state index contributed by atoms with van der Waals surface area (Å²) in [6, 6.07) is 0. The van der Waals surface area contributed by atoms with Crippen LogP contribution in [-0.2, 0) is 0 Å².